The van der Waals surface area contributed by atoms with Gasteiger partial charge >= 0.3 is 0 Å². The van der Waals surface area contributed by atoms with Crippen LogP contribution in [0.3, 0.4) is 0 Å². The number of sulfone groups is 1. The number of carbonyl (C=O) groups is 1. The Morgan fingerprint density at radius 2 is 1.77 bits per heavy atom. The van der Waals surface area contributed by atoms with Gasteiger partial charge in [0.05, 0.1) is 10.9 Å². The van der Waals surface area contributed by atoms with Crippen molar-refractivity contribution in [1.82, 2.24) is 9.88 Å². The minimum atomic E-state index is -3.22. The number of amides is 1. The van der Waals surface area contributed by atoms with Gasteiger partial charge in [0.1, 0.15) is 6.54 Å². The molecule has 0 aliphatic carbocycles. The van der Waals surface area contributed by atoms with Crippen LogP contribution in [0.2, 0.25) is 0 Å². The van der Waals surface area contributed by atoms with E-state index in [0.717, 1.165) is 22.2 Å². The number of benzene rings is 2. The van der Waals surface area contributed by atoms with Gasteiger partial charge in [0.2, 0.25) is 5.91 Å². The minimum absolute atomic E-state index is 0.0888. The van der Waals surface area contributed by atoms with Crippen LogP contribution < -0.4 is 5.32 Å². The van der Waals surface area contributed by atoms with E-state index in [9.17, 15) is 13.2 Å². The first-order valence-electron chi connectivity index (χ1n) is 8.40. The number of fused-ring (bicyclic) bond motifs is 1. The average molecular weight is 370 g/mol. The van der Waals surface area contributed by atoms with E-state index in [0.29, 0.717) is 0 Å². The lowest BCUT2D eigenvalue weighted by Crippen LogP contribution is -2.30. The van der Waals surface area contributed by atoms with E-state index in [1.807, 2.05) is 42.7 Å². The summed E-state index contributed by atoms with van der Waals surface area (Å²) in [7, 11) is -3.22. The summed E-state index contributed by atoms with van der Waals surface area (Å²) >= 11 is 0. The maximum atomic E-state index is 12.5. The Morgan fingerprint density at radius 3 is 2.42 bits per heavy atom. The summed E-state index contributed by atoms with van der Waals surface area (Å²) < 4.78 is 25.1. The zero-order valence-electron chi connectivity index (χ0n) is 15.1. The molecule has 1 heterocycles. The normalized spacial score (nSPS) is 12.9. The topological polar surface area (TPSA) is 68.2 Å². The Bertz CT molecular complexity index is 1050. The molecule has 0 fully saturated rings. The van der Waals surface area contributed by atoms with Crippen molar-refractivity contribution in [2.24, 2.45) is 0 Å². The van der Waals surface area contributed by atoms with Gasteiger partial charge in [-0.3, -0.25) is 4.79 Å². The second kappa shape index (κ2) is 6.96. The van der Waals surface area contributed by atoms with E-state index in [2.05, 4.69) is 11.4 Å². The fraction of sp³-hybridized carbons (Fsp3) is 0.250. The molecule has 1 aromatic heterocycles. The van der Waals surface area contributed by atoms with Gasteiger partial charge in [0.15, 0.2) is 9.84 Å². The van der Waals surface area contributed by atoms with Crippen LogP contribution in [0, 0.1) is 6.92 Å². The average Bonchev–Trinajstić information content (AvgIpc) is 2.90. The zero-order valence-corrected chi connectivity index (χ0v) is 15.9. The maximum Gasteiger partial charge on any atom is 0.240 e. The molecule has 0 unspecified atom stereocenters. The number of rotatable bonds is 5. The standard InChI is InChI=1S/C20H22N2O3S/c1-14-12-17-6-4-5-7-19(17)22(14)13-20(23)21-15(2)16-8-10-18(11-9-16)26(3,24)25/h4-12,15H,13H2,1-3H3,(H,21,23)/t15-/m1/s1. The van der Waals surface area contributed by atoms with Crippen molar-refractivity contribution < 1.29 is 13.2 Å². The molecule has 0 saturated carbocycles. The van der Waals surface area contributed by atoms with Crippen LogP contribution >= 0.6 is 0 Å². The molecule has 0 spiro atoms. The van der Waals surface area contributed by atoms with Crippen LogP contribution in [0.1, 0.15) is 24.2 Å². The number of nitrogens with one attached hydrogen (secondary N) is 1. The molecule has 6 heteroatoms. The van der Waals surface area contributed by atoms with Crippen molar-refractivity contribution in [3.63, 3.8) is 0 Å². The van der Waals surface area contributed by atoms with Gasteiger partial charge in [-0.15, -0.1) is 0 Å². The molecule has 0 saturated heterocycles. The van der Waals surface area contributed by atoms with E-state index in [-0.39, 0.29) is 23.4 Å². The molecule has 26 heavy (non-hydrogen) atoms. The monoisotopic (exact) mass is 370 g/mol. The molecule has 0 aliphatic rings. The smallest absolute Gasteiger partial charge is 0.240 e. The maximum absolute atomic E-state index is 12.5. The molecule has 3 aromatic rings. The zero-order chi connectivity index (χ0) is 18.9. The van der Waals surface area contributed by atoms with E-state index in [4.69, 9.17) is 0 Å². The molecule has 5 nitrogen and oxygen atoms in total. The Balaban J connectivity index is 1.72. The molecule has 1 N–H and O–H groups in total. The number of hydrogen-bond donors (Lipinski definition) is 1. The van der Waals surface area contributed by atoms with Crippen molar-refractivity contribution in [1.29, 1.82) is 0 Å². The number of aromatic nitrogens is 1. The van der Waals surface area contributed by atoms with Crippen molar-refractivity contribution in [2.45, 2.75) is 31.3 Å². The number of aryl methyl sites for hydroxylation is 1. The predicted molar refractivity (Wildman–Crippen MR) is 103 cm³/mol. The Kier molecular flexibility index (Phi) is 4.87. The lowest BCUT2D eigenvalue weighted by Gasteiger charge is -2.16. The van der Waals surface area contributed by atoms with Crippen molar-refractivity contribution in [2.75, 3.05) is 6.26 Å². The van der Waals surface area contributed by atoms with E-state index < -0.39 is 9.84 Å². The van der Waals surface area contributed by atoms with Gasteiger partial charge < -0.3 is 9.88 Å². The Labute approximate surface area is 153 Å². The molecule has 1 atom stereocenters. The Morgan fingerprint density at radius 1 is 1.12 bits per heavy atom. The summed E-state index contributed by atoms with van der Waals surface area (Å²) in [6.45, 7) is 4.11. The summed E-state index contributed by atoms with van der Waals surface area (Å²) in [5, 5.41) is 4.09. The van der Waals surface area contributed by atoms with Crippen LogP contribution in [-0.2, 0) is 21.2 Å². The number of carbonyl (C=O) groups excluding carboxylic acids is 1. The van der Waals surface area contributed by atoms with Gasteiger partial charge in [0, 0.05) is 17.5 Å². The third-order valence-electron chi connectivity index (χ3n) is 4.51. The van der Waals surface area contributed by atoms with Gasteiger partial charge in [-0.2, -0.15) is 0 Å². The van der Waals surface area contributed by atoms with Gasteiger partial charge in [-0.1, -0.05) is 30.3 Å². The summed E-state index contributed by atoms with van der Waals surface area (Å²) in [5.41, 5.74) is 2.93. The molecule has 0 radical (unpaired) electrons. The quantitative estimate of drug-likeness (QED) is 0.750. The highest BCUT2D eigenvalue weighted by atomic mass is 32.2. The van der Waals surface area contributed by atoms with Crippen LogP contribution in [-0.4, -0.2) is 25.1 Å². The summed E-state index contributed by atoms with van der Waals surface area (Å²) in [4.78, 5) is 12.8. The van der Waals surface area contributed by atoms with E-state index >= 15 is 0 Å². The molecule has 136 valence electrons. The SMILES string of the molecule is Cc1cc2ccccc2n1CC(=O)N[C@H](C)c1ccc(S(C)(=O)=O)cc1. The van der Waals surface area contributed by atoms with Crippen molar-refractivity contribution in [3.8, 4) is 0 Å². The highest BCUT2D eigenvalue weighted by Crippen LogP contribution is 2.20. The highest BCUT2D eigenvalue weighted by Gasteiger charge is 2.14. The van der Waals surface area contributed by atoms with Crippen LogP contribution in [0.15, 0.2) is 59.5 Å². The van der Waals surface area contributed by atoms with Crippen molar-refractivity contribution in [3.05, 3.63) is 65.9 Å². The first kappa shape index (κ1) is 18.2. The first-order valence-corrected chi connectivity index (χ1v) is 10.3. The summed E-state index contributed by atoms with van der Waals surface area (Å²) in [6.07, 6.45) is 1.18. The fourth-order valence-electron chi connectivity index (χ4n) is 3.08. The van der Waals surface area contributed by atoms with Crippen LogP contribution in [0.25, 0.3) is 10.9 Å². The summed E-state index contributed by atoms with van der Waals surface area (Å²) in [6, 6.07) is 16.4. The van der Waals surface area contributed by atoms with Gasteiger partial charge in [0.25, 0.3) is 0 Å². The summed E-state index contributed by atoms with van der Waals surface area (Å²) in [5.74, 6) is -0.0888. The second-order valence-corrected chi connectivity index (χ2v) is 8.58. The van der Waals surface area contributed by atoms with E-state index in [1.165, 1.54) is 6.26 Å². The second-order valence-electron chi connectivity index (χ2n) is 6.56. The van der Waals surface area contributed by atoms with E-state index in [1.54, 1.807) is 24.3 Å². The predicted octanol–water partition coefficient (Wildman–Crippen LogP) is 3.23. The molecule has 1 amide bonds. The molecular formula is C20H22N2O3S. The van der Waals surface area contributed by atoms with Gasteiger partial charge in [-0.05, 0) is 49.1 Å². The fourth-order valence-corrected chi connectivity index (χ4v) is 3.71. The number of para-hydroxylation sites is 1. The molecule has 3 rings (SSSR count). The number of hydrogen-bond acceptors (Lipinski definition) is 3. The third-order valence-corrected chi connectivity index (χ3v) is 5.63. The first-order chi connectivity index (χ1) is 12.3. The largest absolute Gasteiger partial charge is 0.348 e. The minimum Gasteiger partial charge on any atom is -0.348 e. The Hall–Kier alpha value is -2.60. The molecular weight excluding hydrogens is 348 g/mol. The molecule has 2 aromatic carbocycles. The third kappa shape index (κ3) is 3.80. The van der Waals surface area contributed by atoms with Crippen molar-refractivity contribution >= 4 is 26.6 Å². The van der Waals surface area contributed by atoms with Gasteiger partial charge in [-0.25, -0.2) is 8.42 Å². The lowest BCUT2D eigenvalue weighted by atomic mass is 10.1. The lowest BCUT2D eigenvalue weighted by molar-refractivity contribution is -0.122. The molecule has 0 aliphatic heterocycles. The highest BCUT2D eigenvalue weighted by molar-refractivity contribution is 7.90. The van der Waals surface area contributed by atoms with Crippen LogP contribution in [0.5, 0.6) is 0 Å². The molecule has 0 bridgehead atoms. The van der Waals surface area contributed by atoms with Crippen LogP contribution in [0.4, 0.5) is 0 Å². The number of nitrogens with zero attached hydrogens (tertiary/aromatic N) is 1.